The zero-order valence-corrected chi connectivity index (χ0v) is 16.0. The van der Waals surface area contributed by atoms with Crippen molar-refractivity contribution in [2.24, 2.45) is 0 Å². The maximum Gasteiger partial charge on any atom is 0.246 e. The van der Waals surface area contributed by atoms with Gasteiger partial charge in [-0.05, 0) is 37.8 Å². The Morgan fingerprint density at radius 3 is 2.40 bits per heavy atom. The molecule has 0 aromatic heterocycles. The van der Waals surface area contributed by atoms with E-state index in [1.165, 1.54) is 5.56 Å². The molecule has 3 nitrogen and oxygen atoms in total. The maximum atomic E-state index is 12.8. The summed E-state index contributed by atoms with van der Waals surface area (Å²) in [6, 6.07) is 19.8. The summed E-state index contributed by atoms with van der Waals surface area (Å²) in [4.78, 5) is 12.8. The first kappa shape index (κ1) is 17.8. The van der Waals surface area contributed by atoms with Crippen LogP contribution >= 0.6 is 20.7 Å². The van der Waals surface area contributed by atoms with Crippen LogP contribution in [-0.2, 0) is 11.2 Å². The van der Waals surface area contributed by atoms with Crippen molar-refractivity contribution in [3.8, 4) is 0 Å². The average molecular weight is 444 g/mol. The normalized spacial score (nSPS) is 14.3. The van der Waals surface area contributed by atoms with Gasteiger partial charge in [-0.3, -0.25) is 4.79 Å². The standard InChI is InChI=1S/C21H21IN2O/c25-21(24-19-11-14-22-15-12-19)20(18-9-5-2-6-10-18)23-16-13-17-7-3-1-4-8-17/h1-12,14-15,20,23H,13,16H2,(H,24,25)/t20-/m1/s1. The second-order valence-electron chi connectivity index (χ2n) is 5.69. The lowest BCUT2D eigenvalue weighted by Crippen LogP contribution is -2.38. The lowest BCUT2D eigenvalue weighted by atomic mass is 10.1. The molecule has 0 bridgehead atoms. The average Bonchev–Trinajstić information content (AvgIpc) is 2.67. The summed E-state index contributed by atoms with van der Waals surface area (Å²) in [6.07, 6.45) is 4.88. The molecule has 1 aliphatic heterocycles. The fourth-order valence-corrected chi connectivity index (χ4v) is 4.05. The lowest BCUT2D eigenvalue weighted by Gasteiger charge is -2.19. The fraction of sp³-hybridized carbons (Fsp3) is 0.143. The summed E-state index contributed by atoms with van der Waals surface area (Å²) in [5.41, 5.74) is 3.10. The van der Waals surface area contributed by atoms with Crippen LogP contribution in [0.2, 0.25) is 0 Å². The van der Waals surface area contributed by atoms with E-state index >= 15 is 0 Å². The van der Waals surface area contributed by atoms with Gasteiger partial charge < -0.3 is 10.6 Å². The van der Waals surface area contributed by atoms with Crippen molar-refractivity contribution in [2.75, 3.05) is 6.54 Å². The number of benzene rings is 2. The zero-order valence-electron chi connectivity index (χ0n) is 13.9. The summed E-state index contributed by atoms with van der Waals surface area (Å²) >= 11 is 0.0164. The van der Waals surface area contributed by atoms with E-state index in [-0.39, 0.29) is 32.7 Å². The Bertz CT molecular complexity index is 782. The van der Waals surface area contributed by atoms with Gasteiger partial charge in [-0.15, -0.1) is 0 Å². The molecule has 1 heterocycles. The summed E-state index contributed by atoms with van der Waals surface area (Å²) in [5, 5.41) is 6.43. The van der Waals surface area contributed by atoms with Gasteiger partial charge in [0, 0.05) is 12.2 Å². The third kappa shape index (κ3) is 5.47. The molecule has 2 N–H and O–H groups in total. The van der Waals surface area contributed by atoms with Gasteiger partial charge in [0.25, 0.3) is 0 Å². The monoisotopic (exact) mass is 444 g/mol. The molecule has 0 saturated heterocycles. The molecule has 1 atom stereocenters. The van der Waals surface area contributed by atoms with Gasteiger partial charge in [-0.2, -0.15) is 0 Å². The molecule has 3 rings (SSSR count). The van der Waals surface area contributed by atoms with Gasteiger partial charge in [0.05, 0.1) is 0 Å². The minimum atomic E-state index is -0.365. The molecular formula is C21H21IN2O. The van der Waals surface area contributed by atoms with Crippen LogP contribution in [0.25, 0.3) is 0 Å². The van der Waals surface area contributed by atoms with Crippen molar-refractivity contribution in [1.29, 1.82) is 0 Å². The first-order valence-corrected chi connectivity index (χ1v) is 10.8. The van der Waals surface area contributed by atoms with Crippen LogP contribution < -0.4 is 10.6 Å². The van der Waals surface area contributed by atoms with E-state index in [1.807, 2.05) is 60.7 Å². The molecule has 0 unspecified atom stereocenters. The minimum Gasteiger partial charge on any atom is -0.324 e. The highest BCUT2D eigenvalue weighted by Gasteiger charge is 2.20. The Labute approximate surface area is 158 Å². The SMILES string of the molecule is O=C(NC1=CC=IC=C1)[C@H](NCCc1ccccc1)c1ccccc1. The summed E-state index contributed by atoms with van der Waals surface area (Å²) in [7, 11) is 0. The van der Waals surface area contributed by atoms with Gasteiger partial charge in [0.1, 0.15) is 6.04 Å². The molecule has 0 fully saturated rings. The predicted octanol–water partition coefficient (Wildman–Crippen LogP) is 3.86. The molecule has 4 heteroatoms. The van der Waals surface area contributed by atoms with Crippen molar-refractivity contribution < 1.29 is 4.79 Å². The molecule has 0 saturated carbocycles. The molecule has 1 amide bonds. The quantitative estimate of drug-likeness (QED) is 0.637. The Kier molecular flexibility index (Phi) is 6.71. The van der Waals surface area contributed by atoms with Gasteiger partial charge in [0.2, 0.25) is 5.91 Å². The number of allylic oxidation sites excluding steroid dienone is 2. The number of rotatable bonds is 7. The molecule has 0 radical (unpaired) electrons. The van der Waals surface area contributed by atoms with Crippen molar-refractivity contribution in [3.05, 3.63) is 93.7 Å². The number of hydrogen-bond acceptors (Lipinski definition) is 2. The van der Waals surface area contributed by atoms with E-state index in [1.54, 1.807) is 0 Å². The van der Waals surface area contributed by atoms with Crippen LogP contribution in [-0.4, -0.2) is 16.5 Å². The Morgan fingerprint density at radius 2 is 1.72 bits per heavy atom. The van der Waals surface area contributed by atoms with Crippen molar-refractivity contribution in [3.63, 3.8) is 0 Å². The van der Waals surface area contributed by atoms with Crippen LogP contribution in [0.4, 0.5) is 0 Å². The summed E-state index contributed by atoms with van der Waals surface area (Å²) in [5.74, 6) is -0.0244. The number of hydrogen-bond donors (Lipinski definition) is 2. The second-order valence-corrected chi connectivity index (χ2v) is 7.85. The smallest absolute Gasteiger partial charge is 0.246 e. The van der Waals surface area contributed by atoms with Crippen molar-refractivity contribution in [2.45, 2.75) is 12.5 Å². The van der Waals surface area contributed by atoms with Crippen LogP contribution in [0.3, 0.4) is 0 Å². The van der Waals surface area contributed by atoms with Crippen molar-refractivity contribution in [1.82, 2.24) is 10.6 Å². The van der Waals surface area contributed by atoms with E-state index in [0.717, 1.165) is 24.2 Å². The van der Waals surface area contributed by atoms with E-state index in [4.69, 9.17) is 0 Å². The maximum absolute atomic E-state index is 12.8. The second kappa shape index (κ2) is 9.44. The highest BCUT2D eigenvalue weighted by Crippen LogP contribution is 2.15. The molecule has 1 aliphatic rings. The van der Waals surface area contributed by atoms with Gasteiger partial charge in [-0.25, -0.2) is 0 Å². The number of carbonyl (C=O) groups is 1. The number of halogens is 1. The first-order chi connectivity index (χ1) is 12.3. The first-order valence-electron chi connectivity index (χ1n) is 8.28. The summed E-state index contributed by atoms with van der Waals surface area (Å²) < 4.78 is 4.30. The minimum absolute atomic E-state index is 0.0164. The summed E-state index contributed by atoms with van der Waals surface area (Å²) in [6.45, 7) is 0.740. The van der Waals surface area contributed by atoms with Crippen molar-refractivity contribution >= 4 is 30.6 Å². The molecule has 25 heavy (non-hydrogen) atoms. The molecule has 2 aromatic carbocycles. The van der Waals surface area contributed by atoms with Gasteiger partial charge in [0.15, 0.2) is 0 Å². The van der Waals surface area contributed by atoms with Gasteiger partial charge >= 0.3 is 0 Å². The third-order valence-corrected chi connectivity index (χ3v) is 5.45. The van der Waals surface area contributed by atoms with E-state index in [0.29, 0.717) is 0 Å². The van der Waals surface area contributed by atoms with Crippen LogP contribution in [0.15, 0.2) is 82.6 Å². The highest BCUT2D eigenvalue weighted by atomic mass is 127. The predicted molar refractivity (Wildman–Crippen MR) is 113 cm³/mol. The van der Waals surface area contributed by atoms with E-state index < -0.39 is 0 Å². The number of nitrogens with one attached hydrogen (secondary N) is 2. The van der Waals surface area contributed by atoms with Crippen LogP contribution in [0, 0.1) is 0 Å². The third-order valence-electron chi connectivity index (χ3n) is 3.90. The Balaban J connectivity index is 1.67. The van der Waals surface area contributed by atoms with Crippen LogP contribution in [0.5, 0.6) is 0 Å². The Morgan fingerprint density at radius 1 is 1.00 bits per heavy atom. The molecule has 0 aliphatic carbocycles. The highest BCUT2D eigenvalue weighted by molar-refractivity contribution is 14.2. The molecule has 2 aromatic rings. The number of amides is 1. The molecular weight excluding hydrogens is 423 g/mol. The number of carbonyl (C=O) groups excluding carboxylic acids is 1. The topological polar surface area (TPSA) is 41.1 Å². The van der Waals surface area contributed by atoms with Crippen LogP contribution in [0.1, 0.15) is 17.2 Å². The lowest BCUT2D eigenvalue weighted by molar-refractivity contribution is -0.122. The zero-order chi connectivity index (χ0) is 17.3. The van der Waals surface area contributed by atoms with Gasteiger partial charge in [-0.1, -0.05) is 81.4 Å². The molecule has 0 spiro atoms. The largest absolute Gasteiger partial charge is 0.324 e. The fourth-order valence-electron chi connectivity index (χ4n) is 2.62. The van der Waals surface area contributed by atoms with E-state index in [2.05, 4.69) is 30.9 Å². The van der Waals surface area contributed by atoms with E-state index in [9.17, 15) is 4.79 Å². The Hall–Kier alpha value is -2.05. The molecule has 128 valence electrons.